The normalized spacial score (nSPS) is 16.6. The standard InChI is InChI=1S/C3H6F3NP2/c1-9(8)7-2-3(4,5)6/h2H,8H2,1H3. The molecule has 9 heavy (non-hydrogen) atoms. The van der Waals surface area contributed by atoms with Crippen molar-refractivity contribution in [3.05, 3.63) is 0 Å². The van der Waals surface area contributed by atoms with Gasteiger partial charge in [-0.05, 0) is 6.66 Å². The number of rotatable bonds is 1. The Morgan fingerprint density at radius 3 is 2.11 bits per heavy atom. The van der Waals surface area contributed by atoms with Crippen molar-refractivity contribution >= 4 is 22.9 Å². The zero-order valence-electron chi connectivity index (χ0n) is 4.68. The largest absolute Gasteiger partial charge is 0.426 e. The molecule has 0 spiro atoms. The van der Waals surface area contributed by atoms with Crippen molar-refractivity contribution < 1.29 is 13.2 Å². The molecule has 0 saturated carbocycles. The van der Waals surface area contributed by atoms with E-state index in [2.05, 4.69) is 13.7 Å². The van der Waals surface area contributed by atoms with E-state index in [-0.39, 0.29) is 6.21 Å². The lowest BCUT2D eigenvalue weighted by Gasteiger charge is -1.97. The smallest absolute Gasteiger partial charge is 0.261 e. The molecule has 1 nitrogen and oxygen atoms in total. The van der Waals surface area contributed by atoms with Crippen LogP contribution >= 0.6 is 16.7 Å². The number of nitrogens with zero attached hydrogens (tertiary/aromatic N) is 1. The van der Waals surface area contributed by atoms with Gasteiger partial charge in [-0.15, -0.1) is 0 Å². The van der Waals surface area contributed by atoms with Crippen molar-refractivity contribution in [3.8, 4) is 0 Å². The van der Waals surface area contributed by atoms with E-state index in [4.69, 9.17) is 0 Å². The first-order chi connectivity index (χ1) is 3.92. The summed E-state index contributed by atoms with van der Waals surface area (Å²) in [6.07, 6.45) is -4.24. The Kier molecular flexibility index (Phi) is 3.60. The molecule has 0 aliphatic heterocycles. The SMILES string of the molecule is CP(P)N=CC(F)(F)F. The molecule has 0 bridgehead atoms. The highest BCUT2D eigenvalue weighted by molar-refractivity contribution is 8.12. The van der Waals surface area contributed by atoms with E-state index in [1.165, 1.54) is 0 Å². The summed E-state index contributed by atoms with van der Waals surface area (Å²) in [6, 6.07) is 0. The first kappa shape index (κ1) is 9.32. The Bertz CT molecular complexity index is 108. The minimum atomic E-state index is -4.26. The molecule has 0 radical (unpaired) electrons. The van der Waals surface area contributed by atoms with E-state index >= 15 is 0 Å². The Labute approximate surface area is 54.6 Å². The van der Waals surface area contributed by atoms with E-state index in [0.29, 0.717) is 0 Å². The van der Waals surface area contributed by atoms with Gasteiger partial charge in [-0.25, -0.2) is 0 Å². The highest BCUT2D eigenvalue weighted by atomic mass is 32.0. The maximum Gasteiger partial charge on any atom is 0.426 e. The Balaban J connectivity index is 3.71. The van der Waals surface area contributed by atoms with Crippen molar-refractivity contribution in [1.82, 2.24) is 0 Å². The van der Waals surface area contributed by atoms with Gasteiger partial charge in [0.15, 0.2) is 0 Å². The van der Waals surface area contributed by atoms with Crippen LogP contribution in [-0.2, 0) is 0 Å². The van der Waals surface area contributed by atoms with Crippen LogP contribution in [0.4, 0.5) is 13.2 Å². The zero-order chi connectivity index (χ0) is 7.49. The minimum absolute atomic E-state index is 0.0195. The van der Waals surface area contributed by atoms with Crippen molar-refractivity contribution in [1.29, 1.82) is 0 Å². The molecule has 0 saturated heterocycles. The summed E-state index contributed by atoms with van der Waals surface area (Å²) in [5.74, 6) is 0. The van der Waals surface area contributed by atoms with E-state index in [0.717, 1.165) is 0 Å². The summed E-state index contributed by atoms with van der Waals surface area (Å²) in [5.41, 5.74) is 0. The lowest BCUT2D eigenvalue weighted by atomic mass is 10.7. The third kappa shape index (κ3) is 8.32. The predicted octanol–water partition coefficient (Wildman–Crippen LogP) is 2.44. The number of alkyl halides is 3. The van der Waals surface area contributed by atoms with Gasteiger partial charge in [0.1, 0.15) is 6.21 Å². The van der Waals surface area contributed by atoms with Crippen molar-refractivity contribution in [2.24, 2.45) is 4.76 Å². The van der Waals surface area contributed by atoms with Gasteiger partial charge in [-0.2, -0.15) is 13.2 Å². The summed E-state index contributed by atoms with van der Waals surface area (Å²) in [7, 11) is 1.30. The molecule has 0 fully saturated rings. The zero-order valence-corrected chi connectivity index (χ0v) is 6.73. The molecular formula is C3H6F3NP2. The van der Waals surface area contributed by atoms with Gasteiger partial charge in [0.05, 0.1) is 0 Å². The molecule has 0 aromatic carbocycles. The van der Waals surface area contributed by atoms with E-state index < -0.39 is 13.9 Å². The summed E-state index contributed by atoms with van der Waals surface area (Å²) < 4.78 is 37.0. The summed E-state index contributed by atoms with van der Waals surface area (Å²) in [6.45, 7) is 1.61. The molecule has 0 N–H and O–H groups in total. The molecule has 54 valence electrons. The molecule has 2 atom stereocenters. The van der Waals surface area contributed by atoms with Gasteiger partial charge in [-0.1, -0.05) is 8.93 Å². The van der Waals surface area contributed by atoms with E-state index in [1.54, 1.807) is 6.66 Å². The van der Waals surface area contributed by atoms with Crippen LogP contribution in [-0.4, -0.2) is 19.1 Å². The van der Waals surface area contributed by atoms with Crippen molar-refractivity contribution in [3.63, 3.8) is 0 Å². The van der Waals surface area contributed by atoms with E-state index in [9.17, 15) is 13.2 Å². The molecule has 0 aromatic heterocycles. The minimum Gasteiger partial charge on any atom is -0.261 e. The predicted molar refractivity (Wildman–Crippen MR) is 37.1 cm³/mol. The molecule has 0 heterocycles. The fourth-order valence-corrected chi connectivity index (χ4v) is 0.670. The molecule has 0 aliphatic rings. The van der Waals surface area contributed by atoms with Gasteiger partial charge in [0, 0.05) is 7.76 Å². The van der Waals surface area contributed by atoms with Gasteiger partial charge in [-0.3, -0.25) is 4.76 Å². The van der Waals surface area contributed by atoms with Crippen LogP contribution in [0.25, 0.3) is 0 Å². The Morgan fingerprint density at radius 1 is 1.56 bits per heavy atom. The molecule has 0 amide bonds. The molecule has 0 rings (SSSR count). The lowest BCUT2D eigenvalue weighted by molar-refractivity contribution is -0.0533. The fraction of sp³-hybridized carbons (Fsp3) is 0.667. The van der Waals surface area contributed by atoms with Crippen LogP contribution in [0, 0.1) is 0 Å². The number of hydrogen-bond donors (Lipinski definition) is 0. The number of halogens is 3. The quantitative estimate of drug-likeness (QED) is 0.428. The second-order valence-corrected chi connectivity index (χ2v) is 4.98. The summed E-state index contributed by atoms with van der Waals surface area (Å²) in [4.78, 5) is 0. The Hall–Kier alpha value is 0.320. The topological polar surface area (TPSA) is 12.4 Å². The van der Waals surface area contributed by atoms with E-state index in [1.807, 2.05) is 0 Å². The van der Waals surface area contributed by atoms with Crippen LogP contribution < -0.4 is 0 Å². The van der Waals surface area contributed by atoms with Gasteiger partial charge in [0.2, 0.25) is 0 Å². The molecule has 0 aliphatic carbocycles. The first-order valence-corrected chi connectivity index (χ1v) is 5.38. The van der Waals surface area contributed by atoms with Crippen molar-refractivity contribution in [2.75, 3.05) is 6.66 Å². The molecule has 2 unspecified atom stereocenters. The summed E-state index contributed by atoms with van der Waals surface area (Å²) >= 11 is 0. The third-order valence-corrected chi connectivity index (χ3v) is 1.27. The van der Waals surface area contributed by atoms with Crippen LogP contribution in [0.1, 0.15) is 0 Å². The van der Waals surface area contributed by atoms with Crippen LogP contribution in [0.2, 0.25) is 0 Å². The van der Waals surface area contributed by atoms with Gasteiger partial charge < -0.3 is 0 Å². The first-order valence-electron chi connectivity index (χ1n) is 2.02. The molecule has 6 heteroatoms. The van der Waals surface area contributed by atoms with Crippen LogP contribution in [0.15, 0.2) is 4.76 Å². The van der Waals surface area contributed by atoms with Crippen LogP contribution in [0.5, 0.6) is 0 Å². The summed E-state index contributed by atoms with van der Waals surface area (Å²) in [5, 5.41) is 0. The highest BCUT2D eigenvalue weighted by Gasteiger charge is 2.23. The maximum atomic E-state index is 11.3. The second-order valence-electron chi connectivity index (χ2n) is 1.36. The number of hydrogen-bond acceptors (Lipinski definition) is 1. The fourth-order valence-electron chi connectivity index (χ4n) is 0.157. The average Bonchev–Trinajstić information content (AvgIpc) is 1.59. The monoisotopic (exact) mass is 175 g/mol. The Morgan fingerprint density at radius 2 is 2.00 bits per heavy atom. The maximum absolute atomic E-state index is 11.3. The molecule has 0 aromatic rings. The average molecular weight is 175 g/mol. The van der Waals surface area contributed by atoms with Crippen LogP contribution in [0.3, 0.4) is 0 Å². The molecular weight excluding hydrogens is 169 g/mol. The van der Waals surface area contributed by atoms with Gasteiger partial charge in [0.25, 0.3) is 0 Å². The third-order valence-electron chi connectivity index (χ3n) is 0.386. The second kappa shape index (κ2) is 3.48. The van der Waals surface area contributed by atoms with Crippen molar-refractivity contribution in [2.45, 2.75) is 6.18 Å². The lowest BCUT2D eigenvalue weighted by Crippen LogP contribution is -2.07. The van der Waals surface area contributed by atoms with Gasteiger partial charge >= 0.3 is 6.18 Å². The highest BCUT2D eigenvalue weighted by Crippen LogP contribution is 2.41.